The fraction of sp³-hybridized carbons (Fsp3) is 0.364. The van der Waals surface area contributed by atoms with Gasteiger partial charge in [-0.2, -0.15) is 0 Å². The van der Waals surface area contributed by atoms with Gasteiger partial charge in [0.25, 0.3) is 0 Å². The van der Waals surface area contributed by atoms with E-state index in [1.807, 2.05) is 30.3 Å². The van der Waals surface area contributed by atoms with Crippen LogP contribution in [0.4, 0.5) is 0 Å². The molecule has 0 spiro atoms. The van der Waals surface area contributed by atoms with Crippen molar-refractivity contribution in [1.82, 2.24) is 5.32 Å². The Morgan fingerprint density at radius 2 is 1.87 bits per heavy atom. The van der Waals surface area contributed by atoms with E-state index >= 15 is 0 Å². The van der Waals surface area contributed by atoms with Crippen molar-refractivity contribution < 1.29 is 9.90 Å². The molecule has 0 aromatic heterocycles. The van der Waals surface area contributed by atoms with Gasteiger partial charge in [-0.3, -0.25) is 10.1 Å². The van der Waals surface area contributed by atoms with Gasteiger partial charge in [0, 0.05) is 6.54 Å². The number of hydrogen-bond acceptors (Lipinski definition) is 2. The molecule has 0 aliphatic rings. The van der Waals surface area contributed by atoms with Crippen molar-refractivity contribution in [3.05, 3.63) is 35.9 Å². The molecule has 0 saturated carbocycles. The zero-order valence-corrected chi connectivity index (χ0v) is 9.67. The van der Waals surface area contributed by atoms with Crippen LogP contribution in [0.25, 0.3) is 0 Å². The van der Waals surface area contributed by atoms with Crippen LogP contribution in [0.2, 0.25) is 0 Å². The van der Waals surface area contributed by atoms with Crippen LogP contribution < -0.4 is 5.32 Å². The molecular weight excluding hydrogens is 214 g/mol. The van der Waals surface area contributed by atoms with E-state index in [0.29, 0.717) is 6.54 Å². The van der Waals surface area contributed by atoms with Gasteiger partial charge in [-0.15, -0.1) is 12.4 Å². The SMILES string of the molecule is CC(C)(NCc1ccccc1)C(=O)O.Cl. The molecule has 3 nitrogen and oxygen atoms in total. The highest BCUT2D eigenvalue weighted by Gasteiger charge is 2.25. The molecule has 0 bridgehead atoms. The van der Waals surface area contributed by atoms with Crippen LogP contribution in [-0.2, 0) is 11.3 Å². The van der Waals surface area contributed by atoms with Gasteiger partial charge in [0.15, 0.2) is 0 Å². The summed E-state index contributed by atoms with van der Waals surface area (Å²) in [4.78, 5) is 10.8. The maximum atomic E-state index is 10.8. The first-order valence-electron chi connectivity index (χ1n) is 4.55. The second-order valence-corrected chi connectivity index (χ2v) is 3.77. The Kier molecular flexibility index (Phi) is 5.33. The molecule has 0 heterocycles. The first kappa shape index (κ1) is 13.9. The lowest BCUT2D eigenvalue weighted by atomic mass is 10.1. The lowest BCUT2D eigenvalue weighted by molar-refractivity contribution is -0.143. The van der Waals surface area contributed by atoms with Crippen LogP contribution >= 0.6 is 12.4 Å². The quantitative estimate of drug-likeness (QED) is 0.831. The Morgan fingerprint density at radius 1 is 1.33 bits per heavy atom. The average molecular weight is 230 g/mol. The summed E-state index contributed by atoms with van der Waals surface area (Å²) in [5.41, 5.74) is 0.206. The molecule has 0 amide bonds. The highest BCUT2D eigenvalue weighted by atomic mass is 35.5. The normalized spacial score (nSPS) is 10.5. The fourth-order valence-electron chi connectivity index (χ4n) is 0.995. The van der Waals surface area contributed by atoms with Crippen molar-refractivity contribution >= 4 is 18.4 Å². The smallest absolute Gasteiger partial charge is 0.323 e. The Hall–Kier alpha value is -1.06. The van der Waals surface area contributed by atoms with E-state index in [2.05, 4.69) is 5.32 Å². The van der Waals surface area contributed by atoms with Gasteiger partial charge in [-0.1, -0.05) is 30.3 Å². The van der Waals surface area contributed by atoms with E-state index in [-0.39, 0.29) is 12.4 Å². The molecule has 0 unspecified atom stereocenters. The fourth-order valence-corrected chi connectivity index (χ4v) is 0.995. The van der Waals surface area contributed by atoms with Crippen LogP contribution in [0, 0.1) is 0 Å². The zero-order chi connectivity index (χ0) is 10.6. The Labute approximate surface area is 95.9 Å². The number of nitrogens with one attached hydrogen (secondary N) is 1. The molecule has 1 aromatic rings. The highest BCUT2D eigenvalue weighted by Crippen LogP contribution is 2.05. The van der Waals surface area contributed by atoms with Crippen LogP contribution in [0.3, 0.4) is 0 Å². The average Bonchev–Trinajstić information content (AvgIpc) is 2.16. The molecule has 0 fully saturated rings. The first-order chi connectivity index (χ1) is 6.52. The number of rotatable bonds is 4. The number of hydrogen-bond donors (Lipinski definition) is 2. The summed E-state index contributed by atoms with van der Waals surface area (Å²) in [5.74, 6) is -0.839. The maximum absolute atomic E-state index is 10.8. The Morgan fingerprint density at radius 3 is 2.33 bits per heavy atom. The van der Waals surface area contributed by atoms with Crippen molar-refractivity contribution in [2.45, 2.75) is 25.9 Å². The summed E-state index contributed by atoms with van der Waals surface area (Å²) >= 11 is 0. The van der Waals surface area contributed by atoms with Crippen molar-refractivity contribution in [3.8, 4) is 0 Å². The van der Waals surface area contributed by atoms with Gasteiger partial charge in [-0.05, 0) is 19.4 Å². The Balaban J connectivity index is 0.00000196. The molecule has 84 valence electrons. The second kappa shape index (κ2) is 5.73. The Bertz CT molecular complexity index is 312. The summed E-state index contributed by atoms with van der Waals surface area (Å²) in [6.45, 7) is 3.87. The van der Waals surface area contributed by atoms with E-state index in [1.165, 1.54) is 0 Å². The van der Waals surface area contributed by atoms with Crippen molar-refractivity contribution in [2.24, 2.45) is 0 Å². The molecule has 15 heavy (non-hydrogen) atoms. The van der Waals surface area contributed by atoms with Crippen LogP contribution in [0.15, 0.2) is 30.3 Å². The monoisotopic (exact) mass is 229 g/mol. The van der Waals surface area contributed by atoms with E-state index in [1.54, 1.807) is 13.8 Å². The van der Waals surface area contributed by atoms with E-state index < -0.39 is 11.5 Å². The molecule has 0 aliphatic heterocycles. The third-order valence-corrected chi connectivity index (χ3v) is 2.11. The van der Waals surface area contributed by atoms with Gasteiger partial charge in [-0.25, -0.2) is 0 Å². The number of carboxylic acid groups (broad SMARTS) is 1. The van der Waals surface area contributed by atoms with Gasteiger partial charge >= 0.3 is 5.97 Å². The summed E-state index contributed by atoms with van der Waals surface area (Å²) in [6, 6.07) is 9.73. The lowest BCUT2D eigenvalue weighted by Gasteiger charge is -2.20. The third kappa shape index (κ3) is 4.32. The van der Waals surface area contributed by atoms with Crippen LogP contribution in [0.1, 0.15) is 19.4 Å². The molecule has 0 radical (unpaired) electrons. The largest absolute Gasteiger partial charge is 0.480 e. The number of halogens is 1. The summed E-state index contributed by atoms with van der Waals surface area (Å²) in [5, 5.41) is 11.8. The molecule has 1 rings (SSSR count). The second-order valence-electron chi connectivity index (χ2n) is 3.77. The van der Waals surface area contributed by atoms with Gasteiger partial charge in [0.1, 0.15) is 5.54 Å². The minimum absolute atomic E-state index is 0. The molecule has 4 heteroatoms. The van der Waals surface area contributed by atoms with Crippen molar-refractivity contribution in [1.29, 1.82) is 0 Å². The highest BCUT2D eigenvalue weighted by molar-refractivity contribution is 5.85. The van der Waals surface area contributed by atoms with Gasteiger partial charge in [0.2, 0.25) is 0 Å². The topological polar surface area (TPSA) is 49.3 Å². The van der Waals surface area contributed by atoms with Crippen molar-refractivity contribution in [2.75, 3.05) is 0 Å². The number of carboxylic acids is 1. The van der Waals surface area contributed by atoms with Crippen molar-refractivity contribution in [3.63, 3.8) is 0 Å². The van der Waals surface area contributed by atoms with Crippen LogP contribution in [0.5, 0.6) is 0 Å². The predicted molar refractivity (Wildman–Crippen MR) is 62.2 cm³/mol. The summed E-state index contributed by atoms with van der Waals surface area (Å²) < 4.78 is 0. The van der Waals surface area contributed by atoms with Gasteiger partial charge in [0.05, 0.1) is 0 Å². The molecule has 1 aromatic carbocycles. The summed E-state index contributed by atoms with van der Waals surface area (Å²) in [7, 11) is 0. The maximum Gasteiger partial charge on any atom is 0.323 e. The van der Waals surface area contributed by atoms with E-state index in [4.69, 9.17) is 5.11 Å². The zero-order valence-electron chi connectivity index (χ0n) is 8.86. The summed E-state index contributed by atoms with van der Waals surface area (Å²) in [6.07, 6.45) is 0. The predicted octanol–water partition coefficient (Wildman–Crippen LogP) is 2.06. The molecule has 2 N–H and O–H groups in total. The van der Waals surface area contributed by atoms with Crippen LogP contribution in [-0.4, -0.2) is 16.6 Å². The number of carbonyl (C=O) groups is 1. The first-order valence-corrected chi connectivity index (χ1v) is 4.55. The third-order valence-electron chi connectivity index (χ3n) is 2.11. The number of benzene rings is 1. The molecule has 0 aliphatic carbocycles. The van der Waals surface area contributed by atoms with E-state index in [9.17, 15) is 4.79 Å². The molecule has 0 saturated heterocycles. The molecular formula is C11H16ClNO2. The number of aliphatic carboxylic acids is 1. The van der Waals surface area contributed by atoms with Gasteiger partial charge < -0.3 is 5.11 Å². The minimum atomic E-state index is -0.879. The molecule has 0 atom stereocenters. The lowest BCUT2D eigenvalue weighted by Crippen LogP contribution is -2.46. The standard InChI is InChI=1S/C11H15NO2.ClH/c1-11(2,10(13)14)12-8-9-6-4-3-5-7-9;/h3-7,12H,8H2,1-2H3,(H,13,14);1H. The minimum Gasteiger partial charge on any atom is -0.480 e. The van der Waals surface area contributed by atoms with E-state index in [0.717, 1.165) is 5.56 Å².